The summed E-state index contributed by atoms with van der Waals surface area (Å²) in [4.78, 5) is -0.376. The van der Waals surface area contributed by atoms with Crippen molar-refractivity contribution in [3.63, 3.8) is 0 Å². The van der Waals surface area contributed by atoms with Gasteiger partial charge in [-0.2, -0.15) is 0 Å². The first-order chi connectivity index (χ1) is 14.3. The zero-order valence-corrected chi connectivity index (χ0v) is 17.7. The van der Waals surface area contributed by atoms with Crippen LogP contribution in [0.15, 0.2) is 65.6 Å². The molecule has 3 aromatic carbocycles. The van der Waals surface area contributed by atoms with E-state index in [1.165, 1.54) is 23.5 Å². The zero-order chi connectivity index (χ0) is 21.5. The number of phenolic OH excluding ortho intramolecular Hbond substituents is 1. The van der Waals surface area contributed by atoms with Crippen molar-refractivity contribution in [1.29, 1.82) is 0 Å². The lowest BCUT2D eigenvalue weighted by Gasteiger charge is -2.22. The number of rotatable bonds is 5. The number of fused-ring (bicyclic) bond motifs is 1. The van der Waals surface area contributed by atoms with E-state index in [4.69, 9.17) is 16.3 Å². The van der Waals surface area contributed by atoms with Crippen molar-refractivity contribution in [3.05, 3.63) is 76.8 Å². The topological polar surface area (TPSA) is 87.1 Å². The summed E-state index contributed by atoms with van der Waals surface area (Å²) in [7, 11) is -2.86. The smallest absolute Gasteiger partial charge is 0.268 e. The molecule has 1 heterocycles. The highest BCUT2D eigenvalue weighted by Gasteiger charge is 2.34. The summed E-state index contributed by atoms with van der Waals surface area (Å²) in [6, 6.07) is 17.8. The summed E-state index contributed by atoms with van der Waals surface area (Å²) in [6.07, 6.45) is -0.814. The third kappa shape index (κ3) is 3.54. The number of nitrogens with zero attached hydrogens (tertiary/aromatic N) is 1. The molecule has 3 aromatic rings. The Morgan fingerprint density at radius 3 is 2.50 bits per heavy atom. The summed E-state index contributed by atoms with van der Waals surface area (Å²) in [6.45, 7) is 0.240. The van der Waals surface area contributed by atoms with Crippen LogP contribution in [0.3, 0.4) is 0 Å². The van der Waals surface area contributed by atoms with E-state index in [-0.39, 0.29) is 22.0 Å². The van der Waals surface area contributed by atoms with Crippen LogP contribution in [0.1, 0.15) is 17.4 Å². The predicted octanol–water partition coefficient (Wildman–Crippen LogP) is 4.10. The van der Waals surface area contributed by atoms with E-state index in [1.807, 2.05) is 48.5 Å². The number of benzene rings is 3. The Hall–Kier alpha value is -2.58. The highest BCUT2D eigenvalue weighted by molar-refractivity contribution is 7.93. The fourth-order valence-corrected chi connectivity index (χ4v) is 5.52. The molecule has 0 fully saturated rings. The number of sulfonamides is 1. The van der Waals surface area contributed by atoms with E-state index in [1.54, 1.807) is 0 Å². The number of aliphatic hydroxyl groups excluding tert-OH is 1. The Balaban J connectivity index is 1.81. The molecule has 0 amide bonds. The second-order valence-electron chi connectivity index (χ2n) is 6.97. The standard InChI is InChI=1S/C22H20ClNO5S/c1-29-22(26)17-11-18(23)21(25)20(13-17)30(27,28)24-10-9-15-7-8-16(12-19(15)24)14-5-3-2-4-6-14/h2-8,11-13,22,25-26H,9-10H2,1H3. The molecule has 0 saturated heterocycles. The first kappa shape index (κ1) is 20.7. The summed E-state index contributed by atoms with van der Waals surface area (Å²) in [5.74, 6) is -0.559. The van der Waals surface area contributed by atoms with Crippen LogP contribution in [0.5, 0.6) is 5.75 Å². The van der Waals surface area contributed by atoms with Gasteiger partial charge < -0.3 is 14.9 Å². The molecule has 156 valence electrons. The van der Waals surface area contributed by atoms with Gasteiger partial charge in [0.2, 0.25) is 0 Å². The molecule has 0 aromatic heterocycles. The lowest BCUT2D eigenvalue weighted by molar-refractivity contribution is -0.0770. The molecule has 1 unspecified atom stereocenters. The highest BCUT2D eigenvalue weighted by atomic mass is 35.5. The van der Waals surface area contributed by atoms with Gasteiger partial charge >= 0.3 is 0 Å². The van der Waals surface area contributed by atoms with Crippen LogP contribution >= 0.6 is 11.6 Å². The maximum Gasteiger partial charge on any atom is 0.268 e. The molecule has 30 heavy (non-hydrogen) atoms. The predicted molar refractivity (Wildman–Crippen MR) is 115 cm³/mol. The SMILES string of the molecule is COC(O)c1cc(Cl)c(O)c(S(=O)(=O)N2CCc3ccc(-c4ccccc4)cc32)c1. The Morgan fingerprint density at radius 2 is 1.80 bits per heavy atom. The van der Waals surface area contributed by atoms with Gasteiger partial charge in [0.25, 0.3) is 10.0 Å². The van der Waals surface area contributed by atoms with E-state index < -0.39 is 22.1 Å². The van der Waals surface area contributed by atoms with Gasteiger partial charge in [-0.05, 0) is 41.3 Å². The number of anilines is 1. The molecule has 0 aliphatic carbocycles. The van der Waals surface area contributed by atoms with Gasteiger partial charge in [0.05, 0.1) is 10.7 Å². The normalized spacial score (nSPS) is 14.6. The number of ether oxygens (including phenoxy) is 1. The quantitative estimate of drug-likeness (QED) is 0.577. The summed E-state index contributed by atoms with van der Waals surface area (Å²) < 4.78 is 33.1. The Morgan fingerprint density at radius 1 is 1.07 bits per heavy atom. The summed E-state index contributed by atoms with van der Waals surface area (Å²) >= 11 is 6.04. The van der Waals surface area contributed by atoms with Crippen molar-refractivity contribution in [3.8, 4) is 16.9 Å². The van der Waals surface area contributed by atoms with Crippen molar-refractivity contribution in [1.82, 2.24) is 0 Å². The molecule has 1 aliphatic rings. The average molecular weight is 446 g/mol. The zero-order valence-electron chi connectivity index (χ0n) is 16.1. The van der Waals surface area contributed by atoms with E-state index in [0.29, 0.717) is 12.1 Å². The molecule has 0 radical (unpaired) electrons. The lowest BCUT2D eigenvalue weighted by Crippen LogP contribution is -2.29. The van der Waals surface area contributed by atoms with E-state index in [2.05, 4.69) is 0 Å². The Kier molecular flexibility index (Phi) is 5.46. The average Bonchev–Trinajstić information content (AvgIpc) is 3.19. The molecule has 8 heteroatoms. The molecule has 0 spiro atoms. The molecular formula is C22H20ClNO5S. The van der Waals surface area contributed by atoms with Crippen LogP contribution in [-0.4, -0.2) is 32.3 Å². The largest absolute Gasteiger partial charge is 0.505 e. The van der Waals surface area contributed by atoms with E-state index >= 15 is 0 Å². The monoisotopic (exact) mass is 445 g/mol. The number of halogens is 1. The highest BCUT2D eigenvalue weighted by Crippen LogP contribution is 2.41. The number of phenols is 1. The number of aromatic hydroxyl groups is 1. The summed E-state index contributed by atoms with van der Waals surface area (Å²) in [5, 5.41) is 20.2. The van der Waals surface area contributed by atoms with Gasteiger partial charge in [0.15, 0.2) is 12.0 Å². The second kappa shape index (κ2) is 7.92. The molecule has 4 rings (SSSR count). The van der Waals surface area contributed by atoms with Crippen LogP contribution in [0.2, 0.25) is 5.02 Å². The molecule has 1 atom stereocenters. The number of methoxy groups -OCH3 is 1. The maximum atomic E-state index is 13.5. The second-order valence-corrected chi connectivity index (χ2v) is 9.21. The van der Waals surface area contributed by atoms with Crippen molar-refractivity contribution in [2.75, 3.05) is 18.0 Å². The van der Waals surface area contributed by atoms with E-state index in [0.717, 1.165) is 16.7 Å². The fourth-order valence-electron chi connectivity index (χ4n) is 3.60. The van der Waals surface area contributed by atoms with Crippen molar-refractivity contribution < 1.29 is 23.4 Å². The maximum absolute atomic E-state index is 13.5. The van der Waals surface area contributed by atoms with Gasteiger partial charge in [-0.3, -0.25) is 4.31 Å². The Bertz CT molecular complexity index is 1200. The van der Waals surface area contributed by atoms with Crippen LogP contribution in [0.25, 0.3) is 11.1 Å². The van der Waals surface area contributed by atoms with Gasteiger partial charge in [-0.25, -0.2) is 8.42 Å². The molecule has 2 N–H and O–H groups in total. The molecule has 1 aliphatic heterocycles. The Labute approximate surface area is 180 Å². The minimum Gasteiger partial charge on any atom is -0.505 e. The van der Waals surface area contributed by atoms with Gasteiger partial charge in [0, 0.05) is 19.2 Å². The van der Waals surface area contributed by atoms with Crippen LogP contribution < -0.4 is 4.31 Å². The van der Waals surface area contributed by atoms with Gasteiger partial charge in [-0.1, -0.05) is 54.1 Å². The van der Waals surface area contributed by atoms with E-state index in [9.17, 15) is 18.6 Å². The summed E-state index contributed by atoms with van der Waals surface area (Å²) in [5.41, 5.74) is 3.46. The van der Waals surface area contributed by atoms with Gasteiger partial charge in [0.1, 0.15) is 4.90 Å². The van der Waals surface area contributed by atoms with Gasteiger partial charge in [-0.15, -0.1) is 0 Å². The number of hydrogen-bond donors (Lipinski definition) is 2. The third-order valence-electron chi connectivity index (χ3n) is 5.17. The number of aliphatic hydroxyl groups is 1. The minimum atomic E-state index is -4.14. The first-order valence-corrected chi connectivity index (χ1v) is 11.1. The van der Waals surface area contributed by atoms with Crippen molar-refractivity contribution >= 4 is 27.3 Å². The molecule has 6 nitrogen and oxygen atoms in total. The van der Waals surface area contributed by atoms with Crippen LogP contribution in [0.4, 0.5) is 5.69 Å². The number of hydrogen-bond acceptors (Lipinski definition) is 5. The lowest BCUT2D eigenvalue weighted by atomic mass is 10.0. The third-order valence-corrected chi connectivity index (χ3v) is 7.29. The minimum absolute atomic E-state index is 0.135. The molecular weight excluding hydrogens is 426 g/mol. The fraction of sp³-hybridized carbons (Fsp3) is 0.182. The molecule has 0 saturated carbocycles. The van der Waals surface area contributed by atoms with Crippen LogP contribution in [0, 0.1) is 0 Å². The molecule has 0 bridgehead atoms. The van der Waals surface area contributed by atoms with Crippen LogP contribution in [-0.2, 0) is 21.2 Å². The van der Waals surface area contributed by atoms with Crippen molar-refractivity contribution in [2.24, 2.45) is 0 Å². The first-order valence-electron chi connectivity index (χ1n) is 9.27. The van der Waals surface area contributed by atoms with Crippen molar-refractivity contribution in [2.45, 2.75) is 17.6 Å².